The third-order valence-electron chi connectivity index (χ3n) is 3.74. The molecule has 0 aliphatic heterocycles. The maximum absolute atomic E-state index is 5.25. The summed E-state index contributed by atoms with van der Waals surface area (Å²) >= 11 is 1.69. The van der Waals surface area contributed by atoms with Crippen LogP contribution in [0.3, 0.4) is 0 Å². The van der Waals surface area contributed by atoms with Crippen LogP contribution in [0.4, 0.5) is 5.13 Å². The molecular formula is C19H21N3OS. The van der Waals surface area contributed by atoms with Gasteiger partial charge in [-0.1, -0.05) is 24.7 Å². The summed E-state index contributed by atoms with van der Waals surface area (Å²) in [5, 5.41) is 4.39. The zero-order chi connectivity index (χ0) is 16.8. The summed E-state index contributed by atoms with van der Waals surface area (Å²) in [6, 6.07) is 12.1. The first kappa shape index (κ1) is 16.5. The van der Waals surface area contributed by atoms with Crippen molar-refractivity contribution < 1.29 is 4.74 Å². The van der Waals surface area contributed by atoms with Crippen molar-refractivity contribution in [1.29, 1.82) is 0 Å². The molecule has 1 aromatic carbocycles. The second-order valence-corrected chi connectivity index (χ2v) is 6.44. The van der Waals surface area contributed by atoms with E-state index >= 15 is 0 Å². The minimum absolute atomic E-state index is 0.848. The number of nitrogens with one attached hydrogen (secondary N) is 1. The zero-order valence-corrected chi connectivity index (χ0v) is 14.8. The van der Waals surface area contributed by atoms with Gasteiger partial charge in [0.25, 0.3) is 0 Å². The number of ether oxygens (including phenoxy) is 1. The lowest BCUT2D eigenvalue weighted by Crippen LogP contribution is -1.99. The highest BCUT2D eigenvalue weighted by Crippen LogP contribution is 2.39. The molecule has 124 valence electrons. The molecule has 4 nitrogen and oxygen atoms in total. The van der Waals surface area contributed by atoms with E-state index in [2.05, 4.69) is 17.2 Å². The molecule has 3 aromatic rings. The SMILES string of the molecule is CCCCNc1nc(-c2ccc(OC)cc2)c(-c2ccncc2)s1. The third kappa shape index (κ3) is 3.74. The number of aromatic nitrogens is 2. The molecule has 2 aromatic heterocycles. The van der Waals surface area contributed by atoms with Crippen molar-refractivity contribution in [2.45, 2.75) is 19.8 Å². The van der Waals surface area contributed by atoms with Gasteiger partial charge in [0, 0.05) is 24.5 Å². The van der Waals surface area contributed by atoms with Crippen molar-refractivity contribution in [3.05, 3.63) is 48.8 Å². The van der Waals surface area contributed by atoms with E-state index in [0.717, 1.165) is 45.5 Å². The Labute approximate surface area is 146 Å². The molecule has 0 atom stereocenters. The average Bonchev–Trinajstić information content (AvgIpc) is 3.07. The first-order valence-corrected chi connectivity index (χ1v) is 8.93. The summed E-state index contributed by atoms with van der Waals surface area (Å²) in [4.78, 5) is 10.1. The number of unbranched alkanes of at least 4 members (excludes halogenated alkanes) is 1. The molecule has 0 radical (unpaired) electrons. The van der Waals surface area contributed by atoms with Crippen LogP contribution in [-0.2, 0) is 0 Å². The van der Waals surface area contributed by atoms with E-state index in [0.29, 0.717) is 0 Å². The van der Waals surface area contributed by atoms with Gasteiger partial charge in [-0.15, -0.1) is 0 Å². The summed E-state index contributed by atoms with van der Waals surface area (Å²) < 4.78 is 5.25. The topological polar surface area (TPSA) is 47.0 Å². The number of benzene rings is 1. The molecule has 0 saturated heterocycles. The van der Waals surface area contributed by atoms with Gasteiger partial charge < -0.3 is 10.1 Å². The van der Waals surface area contributed by atoms with Gasteiger partial charge in [0.15, 0.2) is 5.13 Å². The summed E-state index contributed by atoms with van der Waals surface area (Å²) in [7, 11) is 1.68. The third-order valence-corrected chi connectivity index (χ3v) is 4.80. The normalized spacial score (nSPS) is 10.6. The Morgan fingerprint density at radius 1 is 1.04 bits per heavy atom. The van der Waals surface area contributed by atoms with Gasteiger partial charge >= 0.3 is 0 Å². The molecular weight excluding hydrogens is 318 g/mol. The van der Waals surface area contributed by atoms with Crippen LogP contribution in [0.25, 0.3) is 21.7 Å². The zero-order valence-electron chi connectivity index (χ0n) is 14.0. The Balaban J connectivity index is 1.98. The standard InChI is InChI=1S/C19H21N3OS/c1-3-4-11-21-19-22-17(14-5-7-16(23-2)8-6-14)18(24-19)15-9-12-20-13-10-15/h5-10,12-13H,3-4,11H2,1-2H3,(H,21,22). The Hall–Kier alpha value is -2.40. The molecule has 0 aliphatic carbocycles. The summed E-state index contributed by atoms with van der Waals surface area (Å²) in [5.74, 6) is 0.848. The first-order chi connectivity index (χ1) is 11.8. The minimum atomic E-state index is 0.848. The van der Waals surface area contributed by atoms with Crippen molar-refractivity contribution in [1.82, 2.24) is 9.97 Å². The van der Waals surface area contributed by atoms with Crippen molar-refractivity contribution in [2.24, 2.45) is 0 Å². The number of thiazole rings is 1. The van der Waals surface area contributed by atoms with E-state index in [9.17, 15) is 0 Å². The molecule has 0 aliphatic rings. The predicted octanol–water partition coefficient (Wildman–Crippen LogP) is 5.09. The molecule has 0 bridgehead atoms. The van der Waals surface area contributed by atoms with Crippen LogP contribution in [0.2, 0.25) is 0 Å². The Kier molecular flexibility index (Phi) is 5.43. The largest absolute Gasteiger partial charge is 0.497 e. The maximum atomic E-state index is 5.25. The van der Waals surface area contributed by atoms with Gasteiger partial charge in [-0.25, -0.2) is 4.98 Å². The van der Waals surface area contributed by atoms with Crippen LogP contribution in [0.15, 0.2) is 48.8 Å². The fourth-order valence-electron chi connectivity index (χ4n) is 2.41. The van der Waals surface area contributed by atoms with Gasteiger partial charge in [0.1, 0.15) is 5.75 Å². The summed E-state index contributed by atoms with van der Waals surface area (Å²) in [6.07, 6.45) is 5.94. The average molecular weight is 339 g/mol. The highest BCUT2D eigenvalue weighted by molar-refractivity contribution is 7.19. The fourth-order valence-corrected chi connectivity index (χ4v) is 3.43. The quantitative estimate of drug-likeness (QED) is 0.609. The number of methoxy groups -OCH3 is 1. The van der Waals surface area contributed by atoms with E-state index in [1.807, 2.05) is 48.8 Å². The van der Waals surface area contributed by atoms with E-state index in [-0.39, 0.29) is 0 Å². The number of nitrogens with zero attached hydrogens (tertiary/aromatic N) is 2. The Bertz CT molecular complexity index is 769. The van der Waals surface area contributed by atoms with Crippen molar-refractivity contribution in [3.8, 4) is 27.4 Å². The first-order valence-electron chi connectivity index (χ1n) is 8.11. The molecule has 2 heterocycles. The molecule has 1 N–H and O–H groups in total. The number of hydrogen-bond acceptors (Lipinski definition) is 5. The summed E-state index contributed by atoms with van der Waals surface area (Å²) in [6.45, 7) is 3.14. The second kappa shape index (κ2) is 7.93. The van der Waals surface area contributed by atoms with Crippen LogP contribution in [0, 0.1) is 0 Å². The molecule has 0 spiro atoms. The lowest BCUT2D eigenvalue weighted by atomic mass is 10.1. The smallest absolute Gasteiger partial charge is 0.183 e. The number of hydrogen-bond donors (Lipinski definition) is 1. The van der Waals surface area contributed by atoms with Crippen LogP contribution in [-0.4, -0.2) is 23.6 Å². The lowest BCUT2D eigenvalue weighted by Gasteiger charge is -2.04. The van der Waals surface area contributed by atoms with E-state index in [4.69, 9.17) is 9.72 Å². The maximum Gasteiger partial charge on any atom is 0.183 e. The number of rotatable bonds is 7. The Morgan fingerprint density at radius 3 is 2.46 bits per heavy atom. The minimum Gasteiger partial charge on any atom is -0.497 e. The van der Waals surface area contributed by atoms with Gasteiger partial charge in [-0.3, -0.25) is 4.98 Å². The lowest BCUT2D eigenvalue weighted by molar-refractivity contribution is 0.415. The van der Waals surface area contributed by atoms with Crippen molar-refractivity contribution in [3.63, 3.8) is 0 Å². The molecule has 0 amide bonds. The highest BCUT2D eigenvalue weighted by atomic mass is 32.1. The Morgan fingerprint density at radius 2 is 1.79 bits per heavy atom. The number of pyridine rings is 1. The molecule has 3 rings (SSSR count). The number of anilines is 1. The highest BCUT2D eigenvalue weighted by Gasteiger charge is 2.15. The molecule has 5 heteroatoms. The van der Waals surface area contributed by atoms with Crippen LogP contribution in [0.1, 0.15) is 19.8 Å². The van der Waals surface area contributed by atoms with Crippen LogP contribution in [0.5, 0.6) is 5.75 Å². The molecule has 0 unspecified atom stereocenters. The van der Waals surface area contributed by atoms with Gasteiger partial charge in [0.2, 0.25) is 0 Å². The van der Waals surface area contributed by atoms with Crippen molar-refractivity contribution in [2.75, 3.05) is 19.0 Å². The van der Waals surface area contributed by atoms with Gasteiger partial charge in [-0.05, 0) is 48.4 Å². The van der Waals surface area contributed by atoms with Crippen LogP contribution >= 0.6 is 11.3 Å². The molecule has 0 saturated carbocycles. The predicted molar refractivity (Wildman–Crippen MR) is 101 cm³/mol. The monoisotopic (exact) mass is 339 g/mol. The van der Waals surface area contributed by atoms with Crippen LogP contribution < -0.4 is 10.1 Å². The van der Waals surface area contributed by atoms with E-state index in [1.54, 1.807) is 18.4 Å². The fraction of sp³-hybridized carbons (Fsp3) is 0.263. The van der Waals surface area contributed by atoms with E-state index < -0.39 is 0 Å². The van der Waals surface area contributed by atoms with Gasteiger partial charge in [-0.2, -0.15) is 0 Å². The van der Waals surface area contributed by atoms with Gasteiger partial charge in [0.05, 0.1) is 17.7 Å². The van der Waals surface area contributed by atoms with E-state index in [1.165, 1.54) is 6.42 Å². The molecule has 24 heavy (non-hydrogen) atoms. The molecule has 0 fully saturated rings. The summed E-state index contributed by atoms with van der Waals surface area (Å²) in [5.41, 5.74) is 3.21. The van der Waals surface area contributed by atoms with Crippen molar-refractivity contribution >= 4 is 16.5 Å². The second-order valence-electron chi connectivity index (χ2n) is 5.44.